The molecule has 2 unspecified atom stereocenters. The molecule has 10 heteroatoms. The van der Waals surface area contributed by atoms with E-state index in [1.165, 1.54) is 11.8 Å². The van der Waals surface area contributed by atoms with E-state index in [9.17, 15) is 9.59 Å². The summed E-state index contributed by atoms with van der Waals surface area (Å²) in [7, 11) is 0. The SMILES string of the molecule is CCc1ccccc1N1C(=O)C2CNNC2N=C1SCC(=O)Nc1ccc2c(c1)OCCO2. The Morgan fingerprint density at radius 2 is 2.03 bits per heavy atom. The van der Waals surface area contributed by atoms with Crippen LogP contribution >= 0.6 is 11.8 Å². The summed E-state index contributed by atoms with van der Waals surface area (Å²) in [6, 6.07) is 13.1. The summed E-state index contributed by atoms with van der Waals surface area (Å²) in [5, 5.41) is 3.39. The number of nitrogens with zero attached hydrogens (tertiary/aromatic N) is 2. The van der Waals surface area contributed by atoms with Gasteiger partial charge in [0.2, 0.25) is 11.8 Å². The van der Waals surface area contributed by atoms with Gasteiger partial charge in [-0.2, -0.15) is 0 Å². The summed E-state index contributed by atoms with van der Waals surface area (Å²) < 4.78 is 11.1. The summed E-state index contributed by atoms with van der Waals surface area (Å²) >= 11 is 1.25. The number of anilines is 2. The van der Waals surface area contributed by atoms with Crippen LogP contribution in [-0.2, 0) is 16.0 Å². The van der Waals surface area contributed by atoms with E-state index in [0.717, 1.165) is 17.7 Å². The zero-order valence-electron chi connectivity index (χ0n) is 18.2. The first kappa shape index (κ1) is 21.7. The van der Waals surface area contributed by atoms with Crippen LogP contribution in [0.25, 0.3) is 0 Å². The molecule has 3 heterocycles. The minimum atomic E-state index is -0.342. The van der Waals surface area contributed by atoms with E-state index in [2.05, 4.69) is 23.1 Å². The van der Waals surface area contributed by atoms with Crippen molar-refractivity contribution >= 4 is 40.1 Å². The predicted octanol–water partition coefficient (Wildman–Crippen LogP) is 2.14. The number of hydrazine groups is 1. The van der Waals surface area contributed by atoms with E-state index >= 15 is 0 Å². The van der Waals surface area contributed by atoms with Crippen molar-refractivity contribution in [2.45, 2.75) is 19.5 Å². The highest BCUT2D eigenvalue weighted by Crippen LogP contribution is 2.34. The van der Waals surface area contributed by atoms with Crippen molar-refractivity contribution in [1.82, 2.24) is 10.9 Å². The number of aryl methyl sites for hydroxylation is 1. The number of thioether (sulfide) groups is 1. The van der Waals surface area contributed by atoms with E-state index in [1.54, 1.807) is 23.1 Å². The molecule has 3 aliphatic heterocycles. The summed E-state index contributed by atoms with van der Waals surface area (Å²) in [5.74, 6) is 0.878. The van der Waals surface area contributed by atoms with Crippen LogP contribution in [0.15, 0.2) is 47.5 Å². The Bertz CT molecular complexity index is 1110. The number of nitrogens with one attached hydrogen (secondary N) is 3. The number of ether oxygens (including phenoxy) is 2. The first-order valence-corrected chi connectivity index (χ1v) is 11.9. The number of aliphatic imine (C=N–C) groups is 1. The molecular formula is C23H25N5O4S. The molecule has 2 aromatic rings. The predicted molar refractivity (Wildman–Crippen MR) is 128 cm³/mol. The highest BCUT2D eigenvalue weighted by molar-refractivity contribution is 8.14. The number of rotatable bonds is 5. The molecule has 0 aliphatic carbocycles. The second-order valence-corrected chi connectivity index (χ2v) is 8.78. The Balaban J connectivity index is 1.33. The van der Waals surface area contributed by atoms with Gasteiger partial charge in [0.05, 0.1) is 17.4 Å². The van der Waals surface area contributed by atoms with Crippen LogP contribution in [0.3, 0.4) is 0 Å². The molecule has 3 N–H and O–H groups in total. The molecule has 9 nitrogen and oxygen atoms in total. The monoisotopic (exact) mass is 467 g/mol. The molecule has 3 aliphatic rings. The maximum Gasteiger partial charge on any atom is 0.241 e. The van der Waals surface area contributed by atoms with Crippen LogP contribution < -0.4 is 30.5 Å². The van der Waals surface area contributed by atoms with Crippen LogP contribution in [0, 0.1) is 5.92 Å². The molecule has 0 radical (unpaired) electrons. The Morgan fingerprint density at radius 1 is 1.21 bits per heavy atom. The van der Waals surface area contributed by atoms with Gasteiger partial charge in [-0.3, -0.25) is 19.9 Å². The molecule has 1 saturated heterocycles. The van der Waals surface area contributed by atoms with Crippen molar-refractivity contribution in [3.05, 3.63) is 48.0 Å². The van der Waals surface area contributed by atoms with Gasteiger partial charge in [0.1, 0.15) is 19.4 Å². The third-order valence-corrected chi connectivity index (χ3v) is 6.66. The van der Waals surface area contributed by atoms with Crippen LogP contribution in [0.4, 0.5) is 11.4 Å². The van der Waals surface area contributed by atoms with Gasteiger partial charge in [0, 0.05) is 18.3 Å². The average Bonchev–Trinajstić information content (AvgIpc) is 3.32. The lowest BCUT2D eigenvalue weighted by Gasteiger charge is -2.33. The fraction of sp³-hybridized carbons (Fsp3) is 0.348. The van der Waals surface area contributed by atoms with Gasteiger partial charge >= 0.3 is 0 Å². The highest BCUT2D eigenvalue weighted by atomic mass is 32.2. The zero-order valence-corrected chi connectivity index (χ0v) is 19.0. The molecule has 2 atom stereocenters. The molecule has 172 valence electrons. The lowest BCUT2D eigenvalue weighted by atomic mass is 10.0. The fourth-order valence-electron chi connectivity index (χ4n) is 4.07. The van der Waals surface area contributed by atoms with Crippen molar-refractivity contribution in [3.63, 3.8) is 0 Å². The quantitative estimate of drug-likeness (QED) is 0.619. The molecule has 33 heavy (non-hydrogen) atoms. The fourth-order valence-corrected chi connectivity index (χ4v) is 4.90. The van der Waals surface area contributed by atoms with Gasteiger partial charge in [-0.25, -0.2) is 10.4 Å². The Morgan fingerprint density at radius 3 is 2.88 bits per heavy atom. The third-order valence-electron chi connectivity index (χ3n) is 5.70. The molecule has 2 amide bonds. The number of para-hydroxylation sites is 1. The average molecular weight is 468 g/mol. The highest BCUT2D eigenvalue weighted by Gasteiger charge is 2.42. The topological polar surface area (TPSA) is 104 Å². The number of carbonyl (C=O) groups is 2. The number of hydrogen-bond donors (Lipinski definition) is 3. The maximum atomic E-state index is 13.4. The number of amides is 2. The lowest BCUT2D eigenvalue weighted by molar-refractivity contribution is -0.121. The second kappa shape index (κ2) is 9.42. The summed E-state index contributed by atoms with van der Waals surface area (Å²) in [5.41, 5.74) is 8.57. The van der Waals surface area contributed by atoms with Crippen molar-refractivity contribution < 1.29 is 19.1 Å². The summed E-state index contributed by atoms with van der Waals surface area (Å²) in [6.45, 7) is 3.56. The first-order valence-electron chi connectivity index (χ1n) is 10.9. The van der Waals surface area contributed by atoms with Crippen LogP contribution in [0.5, 0.6) is 11.5 Å². The van der Waals surface area contributed by atoms with E-state index in [-0.39, 0.29) is 29.7 Å². The molecule has 0 bridgehead atoms. The smallest absolute Gasteiger partial charge is 0.241 e. The minimum Gasteiger partial charge on any atom is -0.486 e. The molecule has 0 spiro atoms. The van der Waals surface area contributed by atoms with E-state index in [4.69, 9.17) is 14.5 Å². The van der Waals surface area contributed by atoms with Gasteiger partial charge in [-0.1, -0.05) is 36.9 Å². The standard InChI is InChI=1S/C23H25N5O4S/c1-2-14-5-3-4-6-17(14)28-22(30)16-12-24-27-21(16)26-23(28)33-13-20(29)25-15-7-8-18-19(11-15)32-10-9-31-18/h3-8,11,16,21,24,27H,2,9-10,12-13H2,1H3,(H,25,29). The molecule has 1 fully saturated rings. The van der Waals surface area contributed by atoms with Crippen molar-refractivity contribution in [1.29, 1.82) is 0 Å². The van der Waals surface area contributed by atoms with Crippen molar-refractivity contribution in [2.24, 2.45) is 10.9 Å². The van der Waals surface area contributed by atoms with Gasteiger partial charge in [-0.05, 0) is 30.2 Å². The normalized spacial score (nSPS) is 21.4. The van der Waals surface area contributed by atoms with Crippen LogP contribution in [0.2, 0.25) is 0 Å². The van der Waals surface area contributed by atoms with Crippen molar-refractivity contribution in [2.75, 3.05) is 35.7 Å². The summed E-state index contributed by atoms with van der Waals surface area (Å²) in [4.78, 5) is 32.5. The number of carbonyl (C=O) groups excluding carboxylic acids is 2. The Kier molecular flexibility index (Phi) is 6.21. The maximum absolute atomic E-state index is 13.4. The van der Waals surface area contributed by atoms with E-state index in [1.807, 2.05) is 24.3 Å². The van der Waals surface area contributed by atoms with E-state index < -0.39 is 0 Å². The van der Waals surface area contributed by atoms with E-state index in [0.29, 0.717) is 42.1 Å². The molecule has 0 aromatic heterocycles. The van der Waals surface area contributed by atoms with Crippen LogP contribution in [0.1, 0.15) is 12.5 Å². The van der Waals surface area contributed by atoms with Gasteiger partial charge < -0.3 is 14.8 Å². The number of fused-ring (bicyclic) bond motifs is 2. The molecule has 2 aromatic carbocycles. The van der Waals surface area contributed by atoms with Crippen LogP contribution in [-0.4, -0.2) is 48.7 Å². The lowest BCUT2D eigenvalue weighted by Crippen LogP contribution is -2.50. The number of hydrogen-bond acceptors (Lipinski definition) is 8. The molecule has 5 rings (SSSR count). The van der Waals surface area contributed by atoms with Gasteiger partial charge in [-0.15, -0.1) is 0 Å². The summed E-state index contributed by atoms with van der Waals surface area (Å²) in [6.07, 6.45) is 0.443. The van der Waals surface area contributed by atoms with Crippen molar-refractivity contribution in [3.8, 4) is 11.5 Å². The second-order valence-electron chi connectivity index (χ2n) is 7.84. The molecular weight excluding hydrogens is 442 g/mol. The zero-order chi connectivity index (χ0) is 22.8. The number of amidine groups is 1. The minimum absolute atomic E-state index is 0.0249. The third kappa shape index (κ3) is 4.41. The Hall–Kier alpha value is -3.08. The van der Waals surface area contributed by atoms with Gasteiger partial charge in [0.15, 0.2) is 16.7 Å². The number of benzene rings is 2. The largest absolute Gasteiger partial charge is 0.486 e. The van der Waals surface area contributed by atoms with Gasteiger partial charge in [0.25, 0.3) is 0 Å². The molecule has 0 saturated carbocycles. The Labute approximate surface area is 195 Å². The first-order chi connectivity index (χ1) is 16.1.